The third kappa shape index (κ3) is 3.64. The molecule has 1 fully saturated rings. The highest BCUT2D eigenvalue weighted by molar-refractivity contribution is 5.97. The largest absolute Gasteiger partial charge is 0.466 e. The minimum Gasteiger partial charge on any atom is -0.466 e. The molecular weight excluding hydrogens is 308 g/mol. The number of nitrogens with one attached hydrogen (secondary N) is 1. The Morgan fingerprint density at radius 2 is 1.88 bits per heavy atom. The van der Waals surface area contributed by atoms with Crippen molar-refractivity contribution in [2.24, 2.45) is 0 Å². The number of hydrogen-bond donors (Lipinski definition) is 1. The van der Waals surface area contributed by atoms with Crippen LogP contribution in [-0.2, 0) is 32.1 Å². The van der Waals surface area contributed by atoms with Gasteiger partial charge in [-0.05, 0) is 24.0 Å². The molecular formula is C18H20N2O4. The summed E-state index contributed by atoms with van der Waals surface area (Å²) in [4.78, 5) is 37.8. The average Bonchev–Trinajstić information content (AvgIpc) is 3.42. The van der Waals surface area contributed by atoms with Crippen molar-refractivity contribution >= 4 is 17.8 Å². The van der Waals surface area contributed by atoms with E-state index in [9.17, 15) is 14.4 Å². The number of nitrogens with zero attached hydrogens (tertiary/aromatic N) is 1. The van der Waals surface area contributed by atoms with Crippen molar-refractivity contribution in [1.29, 1.82) is 0 Å². The molecule has 1 aliphatic carbocycles. The van der Waals surface area contributed by atoms with Gasteiger partial charge < -0.3 is 15.0 Å². The zero-order chi connectivity index (χ0) is 17.1. The van der Waals surface area contributed by atoms with Crippen molar-refractivity contribution in [1.82, 2.24) is 10.2 Å². The van der Waals surface area contributed by atoms with Crippen LogP contribution in [-0.4, -0.2) is 41.9 Å². The van der Waals surface area contributed by atoms with Gasteiger partial charge >= 0.3 is 5.97 Å². The van der Waals surface area contributed by atoms with E-state index in [-0.39, 0.29) is 17.9 Å². The molecule has 3 rings (SSSR count). The summed E-state index contributed by atoms with van der Waals surface area (Å²) in [6, 6.07) is 7.46. The Bertz CT molecular complexity index is 694. The number of esters is 1. The molecule has 1 aromatic rings. The van der Waals surface area contributed by atoms with E-state index in [0.29, 0.717) is 13.0 Å². The maximum Gasteiger partial charge on any atom is 0.330 e. The number of methoxy groups -OCH3 is 1. The van der Waals surface area contributed by atoms with Crippen LogP contribution in [0.25, 0.3) is 0 Å². The molecule has 1 aromatic carbocycles. The molecule has 1 saturated carbocycles. The normalized spacial score (nSPS) is 19.7. The number of carbonyl (C=O) groups excluding carboxylic acids is 3. The molecule has 1 N–H and O–H groups in total. The molecule has 6 heteroatoms. The molecule has 126 valence electrons. The van der Waals surface area contributed by atoms with Crippen molar-refractivity contribution < 1.29 is 19.1 Å². The lowest BCUT2D eigenvalue weighted by atomic mass is 9.93. The molecule has 1 atom stereocenters. The summed E-state index contributed by atoms with van der Waals surface area (Å²) in [6.07, 6.45) is 4.71. The summed E-state index contributed by atoms with van der Waals surface area (Å²) < 4.78 is 4.50. The van der Waals surface area contributed by atoms with Crippen LogP contribution < -0.4 is 5.32 Å². The molecule has 0 saturated heterocycles. The number of amides is 2. The fourth-order valence-corrected chi connectivity index (χ4v) is 2.82. The Morgan fingerprint density at radius 1 is 1.17 bits per heavy atom. The first-order valence-electron chi connectivity index (χ1n) is 8.02. The standard InChI is InChI=1S/C18H20N2O4/c1-24-17(22)9-8-16(21)20-11-13-5-3-2-4-12(13)10-15(20)18(23)19-14-6-7-14/h2-5,8-9,14-15H,6-7,10-11H2,1H3,(H,19,23)/b9-8+/t15-/m1/s1. The maximum absolute atomic E-state index is 12.5. The zero-order valence-corrected chi connectivity index (χ0v) is 13.5. The highest BCUT2D eigenvalue weighted by Crippen LogP contribution is 2.25. The average molecular weight is 328 g/mol. The minimum absolute atomic E-state index is 0.133. The molecule has 1 aliphatic heterocycles. The highest BCUT2D eigenvalue weighted by atomic mass is 16.5. The van der Waals surface area contributed by atoms with E-state index in [1.165, 1.54) is 12.0 Å². The minimum atomic E-state index is -0.597. The Labute approximate surface area is 140 Å². The van der Waals surface area contributed by atoms with Gasteiger partial charge in [-0.15, -0.1) is 0 Å². The second-order valence-electron chi connectivity index (χ2n) is 6.09. The van der Waals surface area contributed by atoms with Gasteiger partial charge in [0.05, 0.1) is 7.11 Å². The first-order chi connectivity index (χ1) is 11.6. The molecule has 24 heavy (non-hydrogen) atoms. The van der Waals surface area contributed by atoms with Crippen molar-refractivity contribution in [3.63, 3.8) is 0 Å². The number of fused-ring (bicyclic) bond motifs is 1. The fourth-order valence-electron chi connectivity index (χ4n) is 2.82. The third-order valence-corrected chi connectivity index (χ3v) is 4.32. The van der Waals surface area contributed by atoms with E-state index in [4.69, 9.17) is 0 Å². The number of rotatable bonds is 4. The van der Waals surface area contributed by atoms with Crippen LogP contribution >= 0.6 is 0 Å². The van der Waals surface area contributed by atoms with Crippen LogP contribution in [0.5, 0.6) is 0 Å². The van der Waals surface area contributed by atoms with Gasteiger partial charge in [-0.2, -0.15) is 0 Å². The number of carbonyl (C=O) groups is 3. The Morgan fingerprint density at radius 3 is 2.54 bits per heavy atom. The lowest BCUT2D eigenvalue weighted by Gasteiger charge is -2.35. The van der Waals surface area contributed by atoms with E-state index < -0.39 is 12.0 Å². The molecule has 1 heterocycles. The van der Waals surface area contributed by atoms with Crippen LogP contribution in [0.3, 0.4) is 0 Å². The highest BCUT2D eigenvalue weighted by Gasteiger charge is 2.36. The van der Waals surface area contributed by atoms with Crippen molar-refractivity contribution in [2.75, 3.05) is 7.11 Å². The van der Waals surface area contributed by atoms with Crippen LogP contribution in [0.1, 0.15) is 24.0 Å². The van der Waals surface area contributed by atoms with E-state index in [2.05, 4.69) is 10.1 Å². The van der Waals surface area contributed by atoms with Gasteiger partial charge in [-0.1, -0.05) is 24.3 Å². The van der Waals surface area contributed by atoms with Crippen LogP contribution in [0.4, 0.5) is 0 Å². The monoisotopic (exact) mass is 328 g/mol. The van der Waals surface area contributed by atoms with Gasteiger partial charge in [-0.25, -0.2) is 4.79 Å². The predicted octanol–water partition coefficient (Wildman–Crippen LogP) is 0.948. The SMILES string of the molecule is COC(=O)/C=C/C(=O)N1Cc2ccccc2C[C@@H]1C(=O)NC1CC1. The van der Waals surface area contributed by atoms with Crippen LogP contribution in [0.2, 0.25) is 0 Å². The van der Waals surface area contributed by atoms with Gasteiger partial charge in [0, 0.05) is 31.2 Å². The van der Waals surface area contributed by atoms with Gasteiger partial charge in [0.15, 0.2) is 0 Å². The van der Waals surface area contributed by atoms with E-state index in [0.717, 1.165) is 36.1 Å². The number of benzene rings is 1. The Balaban J connectivity index is 1.81. The van der Waals surface area contributed by atoms with E-state index >= 15 is 0 Å². The Hall–Kier alpha value is -2.63. The van der Waals surface area contributed by atoms with Gasteiger partial charge in [0.1, 0.15) is 6.04 Å². The maximum atomic E-state index is 12.5. The molecule has 0 aromatic heterocycles. The second kappa shape index (κ2) is 6.86. The lowest BCUT2D eigenvalue weighted by Crippen LogP contribution is -2.52. The van der Waals surface area contributed by atoms with Gasteiger partial charge in [-0.3, -0.25) is 9.59 Å². The lowest BCUT2D eigenvalue weighted by molar-refractivity contribution is -0.138. The van der Waals surface area contributed by atoms with Gasteiger partial charge in [0.25, 0.3) is 0 Å². The molecule has 0 spiro atoms. The van der Waals surface area contributed by atoms with E-state index in [1.807, 2.05) is 24.3 Å². The van der Waals surface area contributed by atoms with Crippen molar-refractivity contribution in [3.8, 4) is 0 Å². The summed E-state index contributed by atoms with van der Waals surface area (Å²) in [5.74, 6) is -1.10. The first kappa shape index (κ1) is 16.2. The summed E-state index contributed by atoms with van der Waals surface area (Å²) in [5, 5.41) is 2.97. The first-order valence-corrected chi connectivity index (χ1v) is 8.02. The smallest absolute Gasteiger partial charge is 0.330 e. The van der Waals surface area contributed by atoms with Crippen molar-refractivity contribution in [2.45, 2.75) is 37.9 Å². The third-order valence-electron chi connectivity index (χ3n) is 4.32. The topological polar surface area (TPSA) is 75.7 Å². The summed E-state index contributed by atoms with van der Waals surface area (Å²) in [6.45, 7) is 0.350. The molecule has 2 aliphatic rings. The molecule has 0 bridgehead atoms. The van der Waals surface area contributed by atoms with Gasteiger partial charge in [0.2, 0.25) is 11.8 Å². The zero-order valence-electron chi connectivity index (χ0n) is 13.5. The molecule has 0 radical (unpaired) electrons. The number of ether oxygens (including phenoxy) is 1. The quantitative estimate of drug-likeness (QED) is 0.659. The summed E-state index contributed by atoms with van der Waals surface area (Å²) in [7, 11) is 1.25. The van der Waals surface area contributed by atoms with E-state index in [1.54, 1.807) is 0 Å². The second-order valence-corrected chi connectivity index (χ2v) is 6.09. The van der Waals surface area contributed by atoms with Crippen LogP contribution in [0.15, 0.2) is 36.4 Å². The summed E-state index contributed by atoms with van der Waals surface area (Å²) in [5.41, 5.74) is 2.10. The van der Waals surface area contributed by atoms with Crippen molar-refractivity contribution in [3.05, 3.63) is 47.5 Å². The number of hydrogen-bond acceptors (Lipinski definition) is 4. The Kier molecular flexibility index (Phi) is 4.64. The molecule has 6 nitrogen and oxygen atoms in total. The molecule has 0 unspecified atom stereocenters. The fraction of sp³-hybridized carbons (Fsp3) is 0.389. The van der Waals surface area contributed by atoms with Crippen LogP contribution in [0, 0.1) is 0 Å². The predicted molar refractivity (Wildman–Crippen MR) is 86.8 cm³/mol. The summed E-state index contributed by atoms with van der Waals surface area (Å²) >= 11 is 0. The molecule has 2 amide bonds.